The Labute approximate surface area is 83.3 Å². The van der Waals surface area contributed by atoms with Crippen LogP contribution in [0, 0.1) is 0 Å². The van der Waals surface area contributed by atoms with Crippen molar-refractivity contribution in [3.8, 4) is 0 Å². The summed E-state index contributed by atoms with van der Waals surface area (Å²) in [5, 5.41) is 0. The van der Waals surface area contributed by atoms with Crippen molar-refractivity contribution in [1.82, 2.24) is 0 Å². The van der Waals surface area contributed by atoms with Crippen LogP contribution in [0.3, 0.4) is 0 Å². The molecule has 0 amide bonds. The second-order valence-corrected chi connectivity index (χ2v) is 2.65. The first-order valence-electron chi connectivity index (χ1n) is 3.83. The van der Waals surface area contributed by atoms with E-state index in [1.54, 1.807) is 0 Å². The molecule has 67 valence electrons. The molecule has 0 spiro atoms. The average molecular weight is 189 g/mol. The molecule has 2 heteroatoms. The van der Waals surface area contributed by atoms with E-state index in [9.17, 15) is 0 Å². The molecule has 0 aliphatic rings. The van der Waals surface area contributed by atoms with E-state index < -0.39 is 0 Å². The average Bonchev–Trinajstić information content (AvgIpc) is 2.19. The molecular weight excluding hydrogens is 176 g/mol. The molecule has 3 radical (unpaired) electrons. The van der Waals surface area contributed by atoms with Crippen molar-refractivity contribution in [2.45, 2.75) is 0 Å². The normalized spacial score (nSPS) is 8.15. The van der Waals surface area contributed by atoms with Crippen LogP contribution in [0.4, 0.5) is 0 Å². The van der Waals surface area contributed by atoms with Crippen LogP contribution >= 0.6 is 0 Å². The summed E-state index contributed by atoms with van der Waals surface area (Å²) in [4.78, 5) is 0. The van der Waals surface area contributed by atoms with Gasteiger partial charge in [0, 0.05) is 7.11 Å². The fourth-order valence-corrected chi connectivity index (χ4v) is 0.883. The fourth-order valence-electron chi connectivity index (χ4n) is 0.883. The van der Waals surface area contributed by atoms with Gasteiger partial charge in [0.05, 0.1) is 0 Å². The highest BCUT2D eigenvalue weighted by molar-refractivity contribution is 5.97. The molecule has 1 aromatic carbocycles. The van der Waals surface area contributed by atoms with E-state index in [1.807, 2.05) is 36.4 Å². The minimum Gasteiger partial charge on any atom is -0.422 e. The van der Waals surface area contributed by atoms with Gasteiger partial charge < -0.3 is 4.43 Å². The minimum absolute atomic E-state index is 1.14. The Bertz CT molecular complexity index is 242. The van der Waals surface area contributed by atoms with E-state index in [-0.39, 0.29) is 0 Å². The predicted octanol–water partition coefficient (Wildman–Crippen LogP) is 2.69. The van der Waals surface area contributed by atoms with Crippen LogP contribution in [0.2, 0.25) is 0 Å². The first-order valence-corrected chi connectivity index (χ1v) is 4.24. The van der Waals surface area contributed by atoms with Gasteiger partial charge in [0.2, 0.25) is 10.5 Å². The summed E-state index contributed by atoms with van der Waals surface area (Å²) in [6.07, 6.45) is 3.66. The highest BCUT2D eigenvalue weighted by atomic mass is 28.2. The second kappa shape index (κ2) is 7.52. The standard InChI is InChI=1S/C10H10.CH3OSi/c1-3-9-7-5-6-8-10(9)4-2;1-2-3/h3-8H,1-2H2;1H3. The van der Waals surface area contributed by atoms with Crippen molar-refractivity contribution in [2.75, 3.05) is 7.11 Å². The van der Waals surface area contributed by atoms with Crippen molar-refractivity contribution >= 4 is 22.6 Å². The quantitative estimate of drug-likeness (QED) is 0.650. The molecule has 1 nitrogen and oxygen atoms in total. The largest absolute Gasteiger partial charge is 0.422 e. The van der Waals surface area contributed by atoms with Gasteiger partial charge in [-0.2, -0.15) is 0 Å². The van der Waals surface area contributed by atoms with Gasteiger partial charge in [-0.15, -0.1) is 0 Å². The third kappa shape index (κ3) is 4.45. The Morgan fingerprint density at radius 1 is 1.15 bits per heavy atom. The first kappa shape index (κ1) is 11.9. The van der Waals surface area contributed by atoms with Crippen molar-refractivity contribution in [1.29, 1.82) is 0 Å². The van der Waals surface area contributed by atoms with Crippen LogP contribution in [0.1, 0.15) is 11.1 Å². The Morgan fingerprint density at radius 3 is 1.69 bits per heavy atom. The Kier molecular flexibility index (Phi) is 6.87. The third-order valence-corrected chi connectivity index (χ3v) is 1.44. The van der Waals surface area contributed by atoms with Crippen molar-refractivity contribution in [2.24, 2.45) is 0 Å². The van der Waals surface area contributed by atoms with Gasteiger partial charge in [-0.3, -0.25) is 0 Å². The molecule has 13 heavy (non-hydrogen) atoms. The van der Waals surface area contributed by atoms with Crippen LogP contribution < -0.4 is 0 Å². The lowest BCUT2D eigenvalue weighted by atomic mass is 10.1. The molecular formula is C11H13OSi. The lowest BCUT2D eigenvalue weighted by Crippen LogP contribution is -1.76. The molecule has 0 atom stereocenters. The number of hydrogen-bond donors (Lipinski definition) is 0. The van der Waals surface area contributed by atoms with Gasteiger partial charge in [0.1, 0.15) is 0 Å². The zero-order chi connectivity index (χ0) is 10.1. The van der Waals surface area contributed by atoms with Crippen LogP contribution in [0.15, 0.2) is 37.4 Å². The monoisotopic (exact) mass is 189 g/mol. The zero-order valence-corrected chi connectivity index (χ0v) is 8.79. The summed E-state index contributed by atoms with van der Waals surface area (Å²) in [6, 6.07) is 8.02. The summed E-state index contributed by atoms with van der Waals surface area (Å²) in [5.74, 6) is 0. The second-order valence-electron chi connectivity index (χ2n) is 2.24. The summed E-state index contributed by atoms with van der Waals surface area (Å²) in [7, 11) is 4.22. The molecule has 1 aromatic rings. The highest BCUT2D eigenvalue weighted by Gasteiger charge is 1.89. The predicted molar refractivity (Wildman–Crippen MR) is 59.4 cm³/mol. The van der Waals surface area contributed by atoms with Gasteiger partial charge in [0.25, 0.3) is 0 Å². The molecule has 0 unspecified atom stereocenters. The first-order chi connectivity index (χ1) is 6.29. The third-order valence-electron chi connectivity index (χ3n) is 1.44. The van der Waals surface area contributed by atoms with E-state index in [0.29, 0.717) is 0 Å². The number of rotatable bonds is 2. The molecule has 0 saturated carbocycles. The van der Waals surface area contributed by atoms with Crippen LogP contribution in [0.5, 0.6) is 0 Å². The van der Waals surface area contributed by atoms with Crippen LogP contribution in [0.25, 0.3) is 12.2 Å². The maximum atomic E-state index is 4.06. The van der Waals surface area contributed by atoms with E-state index in [2.05, 4.69) is 28.1 Å². The Balaban J connectivity index is 0.000000424. The lowest BCUT2D eigenvalue weighted by molar-refractivity contribution is 0.460. The molecule has 0 aromatic heterocycles. The molecule has 1 rings (SSSR count). The fraction of sp³-hybridized carbons (Fsp3) is 0.0909. The smallest absolute Gasteiger partial charge is 0.245 e. The van der Waals surface area contributed by atoms with E-state index in [0.717, 1.165) is 11.1 Å². The van der Waals surface area contributed by atoms with E-state index in [1.165, 1.54) is 7.11 Å². The van der Waals surface area contributed by atoms with E-state index in [4.69, 9.17) is 0 Å². The highest BCUT2D eigenvalue weighted by Crippen LogP contribution is 2.10. The Morgan fingerprint density at radius 2 is 1.46 bits per heavy atom. The van der Waals surface area contributed by atoms with Gasteiger partial charge >= 0.3 is 0 Å². The van der Waals surface area contributed by atoms with Crippen LogP contribution in [-0.4, -0.2) is 17.6 Å². The molecule has 0 N–H and O–H groups in total. The summed E-state index contributed by atoms with van der Waals surface area (Å²) in [6.45, 7) is 7.38. The van der Waals surface area contributed by atoms with Gasteiger partial charge in [-0.05, 0) is 11.1 Å². The molecule has 0 aliphatic carbocycles. The lowest BCUT2D eigenvalue weighted by Gasteiger charge is -1.96. The maximum Gasteiger partial charge on any atom is 0.245 e. The molecule has 0 fully saturated rings. The van der Waals surface area contributed by atoms with E-state index >= 15 is 0 Å². The minimum atomic E-state index is 1.14. The number of benzene rings is 1. The molecule has 0 aliphatic heterocycles. The van der Waals surface area contributed by atoms with Crippen molar-refractivity contribution < 1.29 is 4.43 Å². The topological polar surface area (TPSA) is 9.23 Å². The SMILES string of the molecule is C=Cc1ccccc1C=C.CO[Si]. The van der Waals surface area contributed by atoms with Gasteiger partial charge in [-0.1, -0.05) is 49.6 Å². The van der Waals surface area contributed by atoms with Crippen LogP contribution in [-0.2, 0) is 4.43 Å². The summed E-state index contributed by atoms with van der Waals surface area (Å²) >= 11 is 0. The zero-order valence-electron chi connectivity index (χ0n) is 7.79. The summed E-state index contributed by atoms with van der Waals surface area (Å²) < 4.78 is 4.06. The number of hydrogen-bond acceptors (Lipinski definition) is 1. The molecule has 0 heterocycles. The van der Waals surface area contributed by atoms with Crippen molar-refractivity contribution in [3.63, 3.8) is 0 Å². The molecule has 0 saturated heterocycles. The summed E-state index contributed by atoms with van der Waals surface area (Å²) in [5.41, 5.74) is 2.27. The van der Waals surface area contributed by atoms with Crippen molar-refractivity contribution in [3.05, 3.63) is 48.6 Å². The maximum absolute atomic E-state index is 4.06. The van der Waals surface area contributed by atoms with Gasteiger partial charge in [-0.25, -0.2) is 0 Å². The van der Waals surface area contributed by atoms with Gasteiger partial charge in [0.15, 0.2) is 0 Å². The Hall–Kier alpha value is -1.12. The molecule has 0 bridgehead atoms.